The Hall–Kier alpha value is -2.62. The predicted octanol–water partition coefficient (Wildman–Crippen LogP) is 3.64. The van der Waals surface area contributed by atoms with Crippen LogP contribution in [0, 0.1) is 27.7 Å². The predicted molar refractivity (Wildman–Crippen MR) is 95.1 cm³/mol. The van der Waals surface area contributed by atoms with E-state index in [4.69, 9.17) is 4.74 Å². The van der Waals surface area contributed by atoms with Crippen LogP contribution in [-0.4, -0.2) is 18.5 Å². The molecule has 0 fully saturated rings. The van der Waals surface area contributed by atoms with Gasteiger partial charge in [0.25, 0.3) is 5.91 Å². The Morgan fingerprint density at radius 2 is 1.67 bits per heavy atom. The number of benzene rings is 2. The zero-order valence-electron chi connectivity index (χ0n) is 14.6. The molecule has 0 aliphatic carbocycles. The van der Waals surface area contributed by atoms with Gasteiger partial charge in [-0.2, -0.15) is 0 Å². The van der Waals surface area contributed by atoms with Crippen molar-refractivity contribution in [2.75, 3.05) is 11.9 Å². The SMILES string of the molecule is Cc1ccc(NC(=O)COC(=O)Cc2ccc(C)c(C)c2)c(C)c1. The Morgan fingerprint density at radius 3 is 2.33 bits per heavy atom. The van der Waals surface area contributed by atoms with Crippen molar-refractivity contribution < 1.29 is 14.3 Å². The average molecular weight is 325 g/mol. The van der Waals surface area contributed by atoms with Crippen molar-refractivity contribution in [2.45, 2.75) is 34.1 Å². The molecule has 0 bridgehead atoms. The summed E-state index contributed by atoms with van der Waals surface area (Å²) < 4.78 is 5.06. The molecule has 0 aliphatic rings. The Labute approximate surface area is 142 Å². The van der Waals surface area contributed by atoms with E-state index in [1.807, 2.05) is 64.1 Å². The van der Waals surface area contributed by atoms with E-state index < -0.39 is 5.97 Å². The number of aryl methyl sites for hydroxylation is 4. The number of amides is 1. The molecule has 4 nitrogen and oxygen atoms in total. The van der Waals surface area contributed by atoms with Crippen LogP contribution >= 0.6 is 0 Å². The molecule has 2 rings (SSSR count). The molecule has 0 saturated carbocycles. The van der Waals surface area contributed by atoms with Crippen LogP contribution in [0.2, 0.25) is 0 Å². The maximum atomic E-state index is 11.9. The fraction of sp³-hybridized carbons (Fsp3) is 0.300. The molecule has 1 N–H and O–H groups in total. The third-order valence-electron chi connectivity index (χ3n) is 3.94. The van der Waals surface area contributed by atoms with E-state index in [1.165, 1.54) is 5.56 Å². The second-order valence-corrected chi connectivity index (χ2v) is 6.12. The number of ether oxygens (including phenoxy) is 1. The molecule has 0 saturated heterocycles. The molecule has 0 spiro atoms. The highest BCUT2D eigenvalue weighted by Gasteiger charge is 2.10. The molecule has 0 aliphatic heterocycles. The lowest BCUT2D eigenvalue weighted by atomic mass is 10.0. The van der Waals surface area contributed by atoms with Crippen molar-refractivity contribution in [3.8, 4) is 0 Å². The second kappa shape index (κ2) is 7.77. The van der Waals surface area contributed by atoms with E-state index in [-0.39, 0.29) is 18.9 Å². The molecule has 0 radical (unpaired) electrons. The van der Waals surface area contributed by atoms with Gasteiger partial charge in [-0.05, 0) is 56.0 Å². The maximum Gasteiger partial charge on any atom is 0.310 e. The van der Waals surface area contributed by atoms with Gasteiger partial charge in [-0.25, -0.2) is 0 Å². The first-order chi connectivity index (χ1) is 11.3. The van der Waals surface area contributed by atoms with Crippen LogP contribution in [0.1, 0.15) is 27.8 Å². The number of hydrogen-bond donors (Lipinski definition) is 1. The van der Waals surface area contributed by atoms with Crippen molar-refractivity contribution >= 4 is 17.6 Å². The topological polar surface area (TPSA) is 55.4 Å². The lowest BCUT2D eigenvalue weighted by molar-refractivity contribution is -0.146. The maximum absolute atomic E-state index is 11.9. The number of esters is 1. The molecule has 0 unspecified atom stereocenters. The molecule has 2 aromatic carbocycles. The van der Waals surface area contributed by atoms with Crippen LogP contribution in [0.25, 0.3) is 0 Å². The minimum Gasteiger partial charge on any atom is -0.455 e. The van der Waals surface area contributed by atoms with E-state index in [9.17, 15) is 9.59 Å². The van der Waals surface area contributed by atoms with Crippen LogP contribution in [-0.2, 0) is 20.7 Å². The summed E-state index contributed by atoms with van der Waals surface area (Å²) in [5, 5.41) is 2.76. The first-order valence-electron chi connectivity index (χ1n) is 7.94. The summed E-state index contributed by atoms with van der Waals surface area (Å²) in [7, 11) is 0. The lowest BCUT2D eigenvalue weighted by Crippen LogP contribution is -2.22. The number of anilines is 1. The third-order valence-corrected chi connectivity index (χ3v) is 3.94. The monoisotopic (exact) mass is 325 g/mol. The van der Waals surface area contributed by atoms with E-state index in [0.29, 0.717) is 0 Å². The minimum atomic E-state index is -0.408. The lowest BCUT2D eigenvalue weighted by Gasteiger charge is -2.10. The van der Waals surface area contributed by atoms with E-state index in [1.54, 1.807) is 0 Å². The van der Waals surface area contributed by atoms with Crippen molar-refractivity contribution in [1.29, 1.82) is 0 Å². The Bertz CT molecular complexity index is 765. The zero-order valence-corrected chi connectivity index (χ0v) is 14.6. The van der Waals surface area contributed by atoms with Gasteiger partial charge in [0.15, 0.2) is 6.61 Å². The highest BCUT2D eigenvalue weighted by Crippen LogP contribution is 2.16. The quantitative estimate of drug-likeness (QED) is 0.854. The standard InChI is InChI=1S/C20H23NO3/c1-13-5-8-18(16(4)9-13)21-19(22)12-24-20(23)11-17-7-6-14(2)15(3)10-17/h5-10H,11-12H2,1-4H3,(H,21,22). The highest BCUT2D eigenvalue weighted by atomic mass is 16.5. The van der Waals surface area contributed by atoms with Crippen LogP contribution < -0.4 is 5.32 Å². The highest BCUT2D eigenvalue weighted by molar-refractivity contribution is 5.93. The molecule has 0 atom stereocenters. The van der Waals surface area contributed by atoms with Crippen LogP contribution in [0.3, 0.4) is 0 Å². The van der Waals surface area contributed by atoms with E-state index in [0.717, 1.165) is 27.9 Å². The van der Waals surface area contributed by atoms with Gasteiger partial charge in [0.2, 0.25) is 0 Å². The van der Waals surface area contributed by atoms with Gasteiger partial charge in [0, 0.05) is 5.69 Å². The Kier molecular flexibility index (Phi) is 5.74. The molecule has 0 heterocycles. The Balaban J connectivity index is 1.84. The molecule has 1 amide bonds. The number of hydrogen-bond acceptors (Lipinski definition) is 3. The molecular formula is C20H23NO3. The summed E-state index contributed by atoms with van der Waals surface area (Å²) in [6.45, 7) is 7.66. The number of carbonyl (C=O) groups is 2. The fourth-order valence-electron chi connectivity index (χ4n) is 2.42. The molecule has 0 aromatic heterocycles. The van der Waals surface area contributed by atoms with Crippen molar-refractivity contribution in [1.82, 2.24) is 0 Å². The number of rotatable bonds is 5. The van der Waals surface area contributed by atoms with Crippen molar-refractivity contribution in [3.05, 3.63) is 64.2 Å². The molecule has 24 heavy (non-hydrogen) atoms. The summed E-state index contributed by atoms with van der Waals surface area (Å²) in [5.41, 5.74) is 6.04. The van der Waals surface area contributed by atoms with E-state index in [2.05, 4.69) is 5.32 Å². The summed E-state index contributed by atoms with van der Waals surface area (Å²) in [6, 6.07) is 11.6. The van der Waals surface area contributed by atoms with Crippen molar-refractivity contribution in [2.24, 2.45) is 0 Å². The van der Waals surface area contributed by atoms with Gasteiger partial charge in [0.05, 0.1) is 6.42 Å². The first-order valence-corrected chi connectivity index (χ1v) is 7.94. The molecule has 4 heteroatoms. The number of carbonyl (C=O) groups excluding carboxylic acids is 2. The van der Waals surface area contributed by atoms with Crippen LogP contribution in [0.4, 0.5) is 5.69 Å². The zero-order chi connectivity index (χ0) is 17.7. The van der Waals surface area contributed by atoms with Gasteiger partial charge < -0.3 is 10.1 Å². The third kappa shape index (κ3) is 4.95. The minimum absolute atomic E-state index is 0.165. The van der Waals surface area contributed by atoms with Crippen LogP contribution in [0.15, 0.2) is 36.4 Å². The normalized spacial score (nSPS) is 10.3. The van der Waals surface area contributed by atoms with Gasteiger partial charge in [-0.15, -0.1) is 0 Å². The second-order valence-electron chi connectivity index (χ2n) is 6.12. The molecule has 126 valence electrons. The largest absolute Gasteiger partial charge is 0.455 e. The molecular weight excluding hydrogens is 302 g/mol. The van der Waals surface area contributed by atoms with Crippen LogP contribution in [0.5, 0.6) is 0 Å². The number of nitrogens with one attached hydrogen (secondary N) is 1. The van der Waals surface area contributed by atoms with Crippen molar-refractivity contribution in [3.63, 3.8) is 0 Å². The van der Waals surface area contributed by atoms with Gasteiger partial charge in [-0.3, -0.25) is 9.59 Å². The van der Waals surface area contributed by atoms with Gasteiger partial charge in [0.1, 0.15) is 0 Å². The summed E-state index contributed by atoms with van der Waals surface area (Å²) >= 11 is 0. The summed E-state index contributed by atoms with van der Waals surface area (Å²) in [4.78, 5) is 23.8. The van der Waals surface area contributed by atoms with E-state index >= 15 is 0 Å². The van der Waals surface area contributed by atoms with Gasteiger partial charge in [-0.1, -0.05) is 35.9 Å². The average Bonchev–Trinajstić information content (AvgIpc) is 2.52. The fourth-order valence-corrected chi connectivity index (χ4v) is 2.42. The summed E-state index contributed by atoms with van der Waals surface area (Å²) in [5.74, 6) is -0.746. The Morgan fingerprint density at radius 1 is 0.917 bits per heavy atom. The van der Waals surface area contributed by atoms with Gasteiger partial charge >= 0.3 is 5.97 Å². The first kappa shape index (κ1) is 17.7. The summed E-state index contributed by atoms with van der Waals surface area (Å²) in [6.07, 6.45) is 0.165. The smallest absolute Gasteiger partial charge is 0.310 e. The molecule has 2 aromatic rings.